The lowest BCUT2D eigenvalue weighted by atomic mass is 10.1. The second-order valence-corrected chi connectivity index (χ2v) is 5.47. The molecule has 0 aliphatic rings. The van der Waals surface area contributed by atoms with Crippen molar-refractivity contribution in [2.75, 3.05) is 5.32 Å². The van der Waals surface area contributed by atoms with Gasteiger partial charge in [-0.2, -0.15) is 18.4 Å². The molecule has 0 atom stereocenters. The molecule has 2 aromatic rings. The van der Waals surface area contributed by atoms with Gasteiger partial charge in [0.2, 0.25) is 0 Å². The van der Waals surface area contributed by atoms with E-state index in [2.05, 4.69) is 5.32 Å². The lowest BCUT2D eigenvalue weighted by Gasteiger charge is -2.13. The van der Waals surface area contributed by atoms with Crippen molar-refractivity contribution in [3.63, 3.8) is 0 Å². The Labute approximate surface area is 149 Å². The number of alkyl halides is 3. The fraction of sp³-hybridized carbons (Fsp3) is 0.100. The summed E-state index contributed by atoms with van der Waals surface area (Å²) in [6.07, 6.45) is -1.52. The Morgan fingerprint density at radius 1 is 1.08 bits per heavy atom. The summed E-state index contributed by atoms with van der Waals surface area (Å²) in [5.41, 5.74) is -0.155. The number of benzene rings is 2. The van der Waals surface area contributed by atoms with Crippen LogP contribution in [-0.4, -0.2) is 5.91 Å². The monoisotopic (exact) mass is 356 g/mol. The zero-order valence-corrected chi connectivity index (χ0v) is 13.8. The highest BCUT2D eigenvalue weighted by Gasteiger charge is 2.33. The number of allylic oxidation sites excluding steroid dienone is 2. The number of nitrogens with zero attached hydrogens (tertiary/aromatic N) is 1. The van der Waals surface area contributed by atoms with E-state index in [-0.39, 0.29) is 5.57 Å². The summed E-state index contributed by atoms with van der Waals surface area (Å²) in [6.45, 7) is 1.70. The lowest BCUT2D eigenvalue weighted by Crippen LogP contribution is -2.17. The molecule has 132 valence electrons. The van der Waals surface area contributed by atoms with Crippen LogP contribution in [0.15, 0.2) is 71.8 Å². The maximum atomic E-state index is 13.0. The lowest BCUT2D eigenvalue weighted by molar-refractivity contribution is -0.137. The van der Waals surface area contributed by atoms with Crippen LogP contribution in [0.5, 0.6) is 0 Å². The van der Waals surface area contributed by atoms with Crippen LogP contribution < -0.4 is 5.32 Å². The molecule has 26 heavy (non-hydrogen) atoms. The van der Waals surface area contributed by atoms with E-state index in [1.165, 1.54) is 18.2 Å². The average molecular weight is 356 g/mol. The van der Waals surface area contributed by atoms with Crippen molar-refractivity contribution >= 4 is 17.7 Å². The van der Waals surface area contributed by atoms with Crippen molar-refractivity contribution in [1.82, 2.24) is 0 Å². The van der Waals surface area contributed by atoms with Gasteiger partial charge in [0.1, 0.15) is 11.6 Å². The first-order valence-electron chi connectivity index (χ1n) is 7.64. The molecule has 6 heteroatoms. The maximum Gasteiger partial charge on any atom is 0.418 e. The number of nitrogens with one attached hydrogen (secondary N) is 1. The smallest absolute Gasteiger partial charge is 0.321 e. The number of amides is 1. The van der Waals surface area contributed by atoms with Gasteiger partial charge in [0.25, 0.3) is 5.91 Å². The number of carbonyl (C=O) groups excluding carboxylic acids is 1. The first-order chi connectivity index (χ1) is 12.3. The van der Waals surface area contributed by atoms with Gasteiger partial charge in [-0.25, -0.2) is 0 Å². The highest BCUT2D eigenvalue weighted by atomic mass is 19.4. The Balaban J connectivity index is 2.25. The van der Waals surface area contributed by atoms with E-state index < -0.39 is 23.3 Å². The van der Waals surface area contributed by atoms with Gasteiger partial charge in [-0.05, 0) is 36.3 Å². The Morgan fingerprint density at radius 3 is 2.31 bits per heavy atom. The second kappa shape index (κ2) is 8.17. The molecule has 0 spiro atoms. The van der Waals surface area contributed by atoms with Crippen molar-refractivity contribution < 1.29 is 18.0 Å². The molecule has 0 fully saturated rings. The molecule has 0 aliphatic carbocycles. The van der Waals surface area contributed by atoms with E-state index in [4.69, 9.17) is 0 Å². The Hall–Kier alpha value is -3.33. The van der Waals surface area contributed by atoms with Gasteiger partial charge in [0, 0.05) is 0 Å². The van der Waals surface area contributed by atoms with Crippen LogP contribution in [0.25, 0.3) is 6.08 Å². The van der Waals surface area contributed by atoms with Gasteiger partial charge in [0.05, 0.1) is 11.3 Å². The Morgan fingerprint density at radius 2 is 1.69 bits per heavy atom. The van der Waals surface area contributed by atoms with Crippen LogP contribution in [0.2, 0.25) is 0 Å². The van der Waals surface area contributed by atoms with Crippen LogP contribution in [0.1, 0.15) is 18.1 Å². The fourth-order valence-corrected chi connectivity index (χ4v) is 2.26. The predicted molar refractivity (Wildman–Crippen MR) is 93.9 cm³/mol. The highest BCUT2D eigenvalue weighted by molar-refractivity contribution is 6.07. The summed E-state index contributed by atoms with van der Waals surface area (Å²) >= 11 is 0. The van der Waals surface area contributed by atoms with Crippen molar-refractivity contribution in [3.8, 4) is 6.07 Å². The van der Waals surface area contributed by atoms with Crippen LogP contribution in [0, 0.1) is 11.3 Å². The maximum absolute atomic E-state index is 13.0. The molecule has 2 rings (SSSR count). The van der Waals surface area contributed by atoms with E-state index in [1.807, 2.05) is 30.3 Å². The average Bonchev–Trinajstić information content (AvgIpc) is 2.60. The van der Waals surface area contributed by atoms with Crippen molar-refractivity contribution in [3.05, 3.63) is 82.9 Å². The number of halogens is 3. The zero-order valence-electron chi connectivity index (χ0n) is 13.8. The van der Waals surface area contributed by atoms with Crippen LogP contribution in [0.3, 0.4) is 0 Å². The third-order valence-electron chi connectivity index (χ3n) is 3.41. The molecule has 0 radical (unpaired) electrons. The number of rotatable bonds is 4. The molecule has 0 aliphatic heterocycles. The normalized spacial score (nSPS) is 12.4. The Kier molecular flexibility index (Phi) is 5.97. The minimum Gasteiger partial charge on any atom is -0.321 e. The summed E-state index contributed by atoms with van der Waals surface area (Å²) in [4.78, 5) is 12.2. The van der Waals surface area contributed by atoms with Gasteiger partial charge < -0.3 is 5.32 Å². The molecular weight excluding hydrogens is 341 g/mol. The van der Waals surface area contributed by atoms with Crippen LogP contribution >= 0.6 is 0 Å². The topological polar surface area (TPSA) is 52.9 Å². The van der Waals surface area contributed by atoms with Crippen LogP contribution in [-0.2, 0) is 11.0 Å². The SMILES string of the molecule is CC(=C/c1ccccc1)/C=C(\C#N)C(=O)Nc1ccccc1C(F)(F)F. The molecule has 1 N–H and O–H groups in total. The minimum atomic E-state index is -4.61. The minimum absolute atomic E-state index is 0.286. The summed E-state index contributed by atoms with van der Waals surface area (Å²) in [6, 6.07) is 15.6. The summed E-state index contributed by atoms with van der Waals surface area (Å²) in [5.74, 6) is -0.898. The number of nitriles is 1. The van der Waals surface area contributed by atoms with Gasteiger partial charge in [-0.15, -0.1) is 0 Å². The largest absolute Gasteiger partial charge is 0.418 e. The highest BCUT2D eigenvalue weighted by Crippen LogP contribution is 2.34. The molecule has 0 bridgehead atoms. The number of hydrogen-bond donors (Lipinski definition) is 1. The van der Waals surface area contributed by atoms with E-state index in [0.717, 1.165) is 17.7 Å². The van der Waals surface area contributed by atoms with Gasteiger partial charge >= 0.3 is 6.18 Å². The van der Waals surface area contributed by atoms with E-state index in [9.17, 15) is 23.2 Å². The molecule has 0 unspecified atom stereocenters. The Bertz CT molecular complexity index is 891. The quantitative estimate of drug-likeness (QED) is 0.465. The molecule has 0 heterocycles. The number of hydrogen-bond acceptors (Lipinski definition) is 2. The van der Waals surface area contributed by atoms with Gasteiger partial charge in [-0.3, -0.25) is 4.79 Å². The van der Waals surface area contributed by atoms with Crippen molar-refractivity contribution in [2.45, 2.75) is 13.1 Å². The number of carbonyl (C=O) groups is 1. The van der Waals surface area contributed by atoms with Gasteiger partial charge in [-0.1, -0.05) is 48.5 Å². The standard InChI is InChI=1S/C20H15F3N2O/c1-14(11-15-7-3-2-4-8-15)12-16(13-24)19(26)25-18-10-6-5-9-17(18)20(21,22)23/h2-12H,1H3,(H,25,26)/b14-11-,16-12+. The molecule has 1 amide bonds. The molecular formula is C20H15F3N2O. The van der Waals surface area contributed by atoms with E-state index in [1.54, 1.807) is 19.1 Å². The predicted octanol–water partition coefficient (Wildman–Crippen LogP) is 5.20. The molecule has 0 aromatic heterocycles. The third-order valence-corrected chi connectivity index (χ3v) is 3.41. The van der Waals surface area contributed by atoms with Gasteiger partial charge in [0.15, 0.2) is 0 Å². The number of anilines is 1. The molecule has 2 aromatic carbocycles. The third kappa shape index (κ3) is 5.08. The summed E-state index contributed by atoms with van der Waals surface area (Å²) < 4.78 is 39.0. The first kappa shape index (κ1) is 19.0. The number of para-hydroxylation sites is 1. The molecule has 0 saturated carbocycles. The van der Waals surface area contributed by atoms with Crippen LogP contribution in [0.4, 0.5) is 18.9 Å². The molecule has 0 saturated heterocycles. The summed E-state index contributed by atoms with van der Waals surface area (Å²) in [7, 11) is 0. The van der Waals surface area contributed by atoms with Crippen molar-refractivity contribution in [2.24, 2.45) is 0 Å². The fourth-order valence-electron chi connectivity index (χ4n) is 2.26. The van der Waals surface area contributed by atoms with E-state index in [0.29, 0.717) is 5.57 Å². The zero-order chi connectivity index (χ0) is 19.2. The second-order valence-electron chi connectivity index (χ2n) is 5.47. The van der Waals surface area contributed by atoms with Crippen molar-refractivity contribution in [1.29, 1.82) is 5.26 Å². The summed E-state index contributed by atoms with van der Waals surface area (Å²) in [5, 5.41) is 11.4. The van der Waals surface area contributed by atoms with E-state index >= 15 is 0 Å². The molecule has 3 nitrogen and oxygen atoms in total. The first-order valence-corrected chi connectivity index (χ1v) is 7.64.